The lowest BCUT2D eigenvalue weighted by molar-refractivity contribution is 0.0690. The quantitative estimate of drug-likeness (QED) is 0.216. The fourth-order valence-electron chi connectivity index (χ4n) is 3.45. The second-order valence-corrected chi connectivity index (χ2v) is 7.13. The Balaban J connectivity index is 2.19. The molecule has 0 saturated carbocycles. The molecule has 2 aromatic rings. The Morgan fingerprint density at radius 1 is 0.882 bits per heavy atom. The van der Waals surface area contributed by atoms with E-state index in [-0.39, 0.29) is 46.6 Å². The molecule has 0 aromatic heterocycles. The molecule has 172 valence electrons. The van der Waals surface area contributed by atoms with E-state index in [2.05, 4.69) is 29.1 Å². The summed E-state index contributed by atoms with van der Waals surface area (Å²) in [5.74, 6) is -4.27. The maximum absolute atomic E-state index is 12.9. The van der Waals surface area contributed by atoms with Crippen LogP contribution in [0.25, 0.3) is 0 Å². The first-order valence-electron chi connectivity index (χ1n) is 9.98. The minimum atomic E-state index is -1.53. The van der Waals surface area contributed by atoms with Gasteiger partial charge in [-0.15, -0.1) is 13.2 Å². The van der Waals surface area contributed by atoms with Gasteiger partial charge in [0.2, 0.25) is 0 Å². The maximum atomic E-state index is 12.9. The molecule has 4 amide bonds. The summed E-state index contributed by atoms with van der Waals surface area (Å²) < 4.78 is 0. The Morgan fingerprint density at radius 3 is 2.09 bits per heavy atom. The summed E-state index contributed by atoms with van der Waals surface area (Å²) in [5, 5.41) is 25.7. The van der Waals surface area contributed by atoms with Crippen LogP contribution in [0.3, 0.4) is 0 Å². The van der Waals surface area contributed by atoms with Crippen LogP contribution >= 0.6 is 0 Å². The molecule has 0 fully saturated rings. The highest BCUT2D eigenvalue weighted by molar-refractivity contribution is 6.24. The molecule has 3 rings (SSSR count). The van der Waals surface area contributed by atoms with Crippen molar-refractivity contribution in [3.8, 4) is 0 Å². The molecule has 0 bridgehead atoms. The van der Waals surface area contributed by atoms with Crippen LogP contribution in [0.15, 0.2) is 55.6 Å². The summed E-state index contributed by atoms with van der Waals surface area (Å²) >= 11 is 0. The van der Waals surface area contributed by atoms with Crippen molar-refractivity contribution in [2.75, 3.05) is 13.1 Å². The topological polar surface area (TPSA) is 166 Å². The molecule has 1 aliphatic rings. The summed E-state index contributed by atoms with van der Waals surface area (Å²) in [5.41, 5.74) is -1.31. The average Bonchev–Trinajstić information content (AvgIpc) is 3.11. The number of fused-ring (bicyclic) bond motifs is 1. The van der Waals surface area contributed by atoms with E-state index in [4.69, 9.17) is 5.41 Å². The van der Waals surface area contributed by atoms with E-state index in [1.165, 1.54) is 42.5 Å². The van der Waals surface area contributed by atoms with Gasteiger partial charge in [-0.25, -0.2) is 4.79 Å². The normalized spacial score (nSPS) is 11.8. The van der Waals surface area contributed by atoms with E-state index in [9.17, 15) is 29.1 Å². The van der Waals surface area contributed by atoms with E-state index < -0.39 is 40.7 Å². The molecule has 0 saturated heterocycles. The van der Waals surface area contributed by atoms with Gasteiger partial charge in [-0.1, -0.05) is 24.3 Å². The van der Waals surface area contributed by atoms with Crippen LogP contribution in [0.1, 0.15) is 62.9 Å². The number of carboxylic acids is 1. The predicted molar refractivity (Wildman–Crippen MR) is 123 cm³/mol. The lowest BCUT2D eigenvalue weighted by atomic mass is 9.89. The van der Waals surface area contributed by atoms with Crippen LogP contribution in [0, 0.1) is 5.41 Å². The minimum Gasteiger partial charge on any atom is -0.478 e. The molecular formula is C24H20N4O6. The third-order valence-corrected chi connectivity index (χ3v) is 5.00. The maximum Gasteiger partial charge on any atom is 0.337 e. The highest BCUT2D eigenvalue weighted by atomic mass is 16.4. The van der Waals surface area contributed by atoms with Crippen LogP contribution in [0.5, 0.6) is 0 Å². The van der Waals surface area contributed by atoms with E-state index >= 15 is 0 Å². The van der Waals surface area contributed by atoms with Crippen molar-refractivity contribution in [1.82, 2.24) is 16.0 Å². The number of aromatic carboxylic acids is 1. The molecule has 1 heterocycles. The van der Waals surface area contributed by atoms with E-state index in [1.54, 1.807) is 0 Å². The highest BCUT2D eigenvalue weighted by Crippen LogP contribution is 2.25. The second-order valence-electron chi connectivity index (χ2n) is 7.13. The number of carboxylic acid groups (broad SMARTS) is 1. The monoisotopic (exact) mass is 460 g/mol. The van der Waals surface area contributed by atoms with Crippen molar-refractivity contribution in [2.24, 2.45) is 0 Å². The van der Waals surface area contributed by atoms with Gasteiger partial charge < -0.3 is 15.7 Å². The summed E-state index contributed by atoms with van der Waals surface area (Å²) in [4.78, 5) is 61.6. The number of rotatable bonds is 9. The van der Waals surface area contributed by atoms with Crippen molar-refractivity contribution in [2.45, 2.75) is 0 Å². The van der Waals surface area contributed by atoms with Gasteiger partial charge in [-0.05, 0) is 18.2 Å². The Morgan fingerprint density at radius 2 is 1.47 bits per heavy atom. The molecule has 34 heavy (non-hydrogen) atoms. The zero-order valence-electron chi connectivity index (χ0n) is 17.9. The third kappa shape index (κ3) is 4.37. The summed E-state index contributed by atoms with van der Waals surface area (Å²) in [6.07, 6.45) is 2.81. The molecule has 10 nitrogen and oxygen atoms in total. The lowest BCUT2D eigenvalue weighted by Gasteiger charge is -2.17. The Bertz CT molecular complexity index is 1290. The molecule has 0 spiro atoms. The van der Waals surface area contributed by atoms with Crippen LogP contribution in [-0.4, -0.2) is 53.5 Å². The molecule has 1 aliphatic heterocycles. The first kappa shape index (κ1) is 23.8. The standard InChI is InChI=1S/C24H20N4O6/c1-3-9-26-20(29)15-8-7-14(18(24(33)34)17(15)23(32)27-10-4-2)19(25)12-5-6-13-16(11-12)22(31)28-21(13)30/h3-8,11,25H,1-2,9-10H2,(H,26,29)(H,27,32)(H,33,34)(H,28,30,31). The molecule has 2 aromatic carbocycles. The molecule has 10 heteroatoms. The smallest absolute Gasteiger partial charge is 0.337 e. The van der Waals surface area contributed by atoms with Gasteiger partial charge in [0, 0.05) is 24.2 Å². The third-order valence-electron chi connectivity index (χ3n) is 5.00. The van der Waals surface area contributed by atoms with Crippen LogP contribution in [-0.2, 0) is 0 Å². The number of nitrogens with one attached hydrogen (secondary N) is 4. The molecule has 0 aliphatic carbocycles. The number of amides is 4. The van der Waals surface area contributed by atoms with Gasteiger partial charge in [-0.2, -0.15) is 0 Å². The van der Waals surface area contributed by atoms with Gasteiger partial charge in [0.1, 0.15) is 0 Å². The van der Waals surface area contributed by atoms with Crippen molar-refractivity contribution < 1.29 is 29.1 Å². The predicted octanol–water partition coefficient (Wildman–Crippen LogP) is 1.52. The van der Waals surface area contributed by atoms with Crippen molar-refractivity contribution in [3.63, 3.8) is 0 Å². The van der Waals surface area contributed by atoms with Gasteiger partial charge in [0.15, 0.2) is 0 Å². The molecular weight excluding hydrogens is 440 g/mol. The van der Waals surface area contributed by atoms with Crippen LogP contribution < -0.4 is 16.0 Å². The van der Waals surface area contributed by atoms with E-state index in [0.29, 0.717) is 0 Å². The Labute approximate surface area is 193 Å². The SMILES string of the molecule is C=CCNC(=O)c1ccc(C(=N)c2ccc3c(c2)C(=O)NC3=O)c(C(=O)O)c1C(=O)NCC=C. The number of imide groups is 1. The largest absolute Gasteiger partial charge is 0.478 e. The molecule has 0 radical (unpaired) electrons. The first-order valence-corrected chi connectivity index (χ1v) is 9.98. The Kier molecular flexibility index (Phi) is 6.81. The number of carbonyl (C=O) groups is 5. The molecule has 0 unspecified atom stereocenters. The van der Waals surface area contributed by atoms with Crippen molar-refractivity contribution >= 4 is 35.3 Å². The Hall–Kier alpha value is -4.86. The van der Waals surface area contributed by atoms with Crippen molar-refractivity contribution in [3.05, 3.63) is 94.6 Å². The second kappa shape index (κ2) is 9.74. The number of benzene rings is 2. The average molecular weight is 460 g/mol. The van der Waals surface area contributed by atoms with Crippen LogP contribution in [0.2, 0.25) is 0 Å². The fourth-order valence-corrected chi connectivity index (χ4v) is 3.45. The first-order chi connectivity index (χ1) is 16.2. The van der Waals surface area contributed by atoms with Gasteiger partial charge in [0.25, 0.3) is 23.6 Å². The lowest BCUT2D eigenvalue weighted by Crippen LogP contribution is -2.32. The summed E-state index contributed by atoms with van der Waals surface area (Å²) in [6, 6.07) is 6.55. The van der Waals surface area contributed by atoms with Crippen LogP contribution in [0.4, 0.5) is 0 Å². The van der Waals surface area contributed by atoms with E-state index in [0.717, 1.165) is 0 Å². The van der Waals surface area contributed by atoms with Crippen molar-refractivity contribution in [1.29, 1.82) is 5.41 Å². The number of carbonyl (C=O) groups excluding carboxylic acids is 4. The minimum absolute atomic E-state index is 0.0151. The summed E-state index contributed by atoms with van der Waals surface area (Å²) in [6.45, 7) is 7.09. The zero-order valence-corrected chi connectivity index (χ0v) is 17.9. The van der Waals surface area contributed by atoms with E-state index in [1.807, 2.05) is 0 Å². The van der Waals surface area contributed by atoms with Gasteiger partial charge >= 0.3 is 5.97 Å². The fraction of sp³-hybridized carbons (Fsp3) is 0.0833. The number of hydrogen-bond acceptors (Lipinski definition) is 6. The van der Waals surface area contributed by atoms with Gasteiger partial charge in [0.05, 0.1) is 33.5 Å². The molecule has 5 N–H and O–H groups in total. The molecule has 0 atom stereocenters. The highest BCUT2D eigenvalue weighted by Gasteiger charge is 2.30. The summed E-state index contributed by atoms with van der Waals surface area (Å²) in [7, 11) is 0. The number of hydrogen-bond donors (Lipinski definition) is 5. The zero-order chi connectivity index (χ0) is 25.0. The van der Waals surface area contributed by atoms with Gasteiger partial charge in [-0.3, -0.25) is 29.9 Å².